The van der Waals surface area contributed by atoms with E-state index in [1.807, 2.05) is 39.4 Å². The molecule has 0 aliphatic carbocycles. The SMILES string of the molecule is CCCCn1c(=NC(=O)c2cc(C(F)(F)F)ccc2F)cc(C(C)(C)C)n1C. The molecule has 2 rings (SSSR count). The standard InChI is InChI=1S/C20H25F4N3O/c1-6-7-10-27-17(12-16(26(27)5)19(2,3)4)25-18(28)14-11-13(20(22,23)24)8-9-15(14)21/h8-9,11-12H,6-7,10H2,1-5H3. The molecule has 1 heterocycles. The molecule has 0 radical (unpaired) electrons. The van der Waals surface area contributed by atoms with Crippen molar-refractivity contribution in [2.75, 3.05) is 0 Å². The van der Waals surface area contributed by atoms with Gasteiger partial charge in [0.05, 0.1) is 11.1 Å². The van der Waals surface area contributed by atoms with Crippen molar-refractivity contribution in [2.24, 2.45) is 12.0 Å². The Bertz CT molecular complexity index is 930. The molecular weight excluding hydrogens is 374 g/mol. The molecule has 0 unspecified atom stereocenters. The van der Waals surface area contributed by atoms with Gasteiger partial charge in [-0.25, -0.2) is 4.39 Å². The first-order valence-corrected chi connectivity index (χ1v) is 9.09. The lowest BCUT2D eigenvalue weighted by atomic mass is 9.92. The summed E-state index contributed by atoms with van der Waals surface area (Å²) in [5.41, 5.74) is -0.823. The van der Waals surface area contributed by atoms with E-state index in [1.165, 1.54) is 0 Å². The molecule has 1 aromatic carbocycles. The van der Waals surface area contributed by atoms with Gasteiger partial charge in [0.2, 0.25) is 0 Å². The van der Waals surface area contributed by atoms with Gasteiger partial charge in [-0.15, -0.1) is 0 Å². The van der Waals surface area contributed by atoms with Crippen LogP contribution in [0, 0.1) is 5.82 Å². The second-order valence-corrected chi connectivity index (χ2v) is 7.75. The van der Waals surface area contributed by atoms with Gasteiger partial charge >= 0.3 is 6.18 Å². The van der Waals surface area contributed by atoms with Gasteiger partial charge in [-0.3, -0.25) is 14.2 Å². The lowest BCUT2D eigenvalue weighted by Gasteiger charge is -2.20. The Morgan fingerprint density at radius 1 is 1.14 bits per heavy atom. The van der Waals surface area contributed by atoms with Gasteiger partial charge < -0.3 is 0 Å². The van der Waals surface area contributed by atoms with Crippen LogP contribution in [0.2, 0.25) is 0 Å². The molecule has 1 amide bonds. The Kier molecular flexibility index (Phi) is 6.21. The molecule has 0 aliphatic rings. The summed E-state index contributed by atoms with van der Waals surface area (Å²) in [5.74, 6) is -2.08. The fourth-order valence-corrected chi connectivity index (χ4v) is 2.97. The minimum atomic E-state index is -4.67. The fourth-order valence-electron chi connectivity index (χ4n) is 2.97. The summed E-state index contributed by atoms with van der Waals surface area (Å²) in [6.07, 6.45) is -2.92. The monoisotopic (exact) mass is 399 g/mol. The molecule has 8 heteroatoms. The maximum atomic E-state index is 14.0. The summed E-state index contributed by atoms with van der Waals surface area (Å²) in [5, 5.41) is 0. The maximum absolute atomic E-state index is 14.0. The van der Waals surface area contributed by atoms with Crippen LogP contribution >= 0.6 is 0 Å². The van der Waals surface area contributed by atoms with Crippen LogP contribution in [-0.4, -0.2) is 15.3 Å². The van der Waals surface area contributed by atoms with Gasteiger partial charge in [0.1, 0.15) is 5.82 Å². The normalized spacial score (nSPS) is 13.2. The minimum absolute atomic E-state index is 0.235. The van der Waals surface area contributed by atoms with Crippen LogP contribution < -0.4 is 5.49 Å². The first-order chi connectivity index (χ1) is 12.9. The van der Waals surface area contributed by atoms with E-state index in [1.54, 1.807) is 10.7 Å². The number of halogens is 4. The molecule has 0 saturated heterocycles. The third kappa shape index (κ3) is 4.72. The summed E-state index contributed by atoms with van der Waals surface area (Å²) >= 11 is 0. The molecule has 28 heavy (non-hydrogen) atoms. The van der Waals surface area contributed by atoms with E-state index in [0.717, 1.165) is 18.5 Å². The topological polar surface area (TPSA) is 39.3 Å². The second kappa shape index (κ2) is 7.93. The Morgan fingerprint density at radius 3 is 2.32 bits per heavy atom. The summed E-state index contributed by atoms with van der Waals surface area (Å²) < 4.78 is 56.4. The highest BCUT2D eigenvalue weighted by molar-refractivity contribution is 5.95. The number of rotatable bonds is 4. The van der Waals surface area contributed by atoms with Gasteiger partial charge in [0.15, 0.2) is 5.49 Å². The molecule has 4 nitrogen and oxygen atoms in total. The Morgan fingerprint density at radius 2 is 1.79 bits per heavy atom. The predicted molar refractivity (Wildman–Crippen MR) is 98.3 cm³/mol. The van der Waals surface area contributed by atoms with Crippen molar-refractivity contribution in [1.29, 1.82) is 0 Å². The number of carbonyl (C=O) groups excluding carboxylic acids is 1. The van der Waals surface area contributed by atoms with E-state index >= 15 is 0 Å². The zero-order valence-corrected chi connectivity index (χ0v) is 16.7. The van der Waals surface area contributed by atoms with Crippen molar-refractivity contribution < 1.29 is 22.4 Å². The predicted octanol–water partition coefficient (Wildman–Crippen LogP) is 4.82. The molecule has 1 aromatic heterocycles. The first-order valence-electron chi connectivity index (χ1n) is 9.09. The second-order valence-electron chi connectivity index (χ2n) is 7.75. The Balaban J connectivity index is 2.60. The third-order valence-electron chi connectivity index (χ3n) is 4.47. The highest BCUT2D eigenvalue weighted by Crippen LogP contribution is 2.30. The molecule has 0 aliphatic heterocycles. The highest BCUT2D eigenvalue weighted by atomic mass is 19.4. The number of hydrogen-bond acceptors (Lipinski definition) is 1. The third-order valence-corrected chi connectivity index (χ3v) is 4.47. The fraction of sp³-hybridized carbons (Fsp3) is 0.500. The van der Waals surface area contributed by atoms with Crippen LogP contribution in [0.1, 0.15) is 62.2 Å². The van der Waals surface area contributed by atoms with Crippen molar-refractivity contribution in [1.82, 2.24) is 9.36 Å². The van der Waals surface area contributed by atoms with Crippen LogP contribution in [-0.2, 0) is 25.2 Å². The molecule has 0 spiro atoms. The zero-order valence-electron chi connectivity index (χ0n) is 16.7. The number of carbonyl (C=O) groups is 1. The van der Waals surface area contributed by atoms with Gasteiger partial charge in [0.25, 0.3) is 5.91 Å². The number of hydrogen-bond donors (Lipinski definition) is 0. The molecule has 2 aromatic rings. The number of alkyl halides is 3. The minimum Gasteiger partial charge on any atom is -0.291 e. The highest BCUT2D eigenvalue weighted by Gasteiger charge is 2.32. The molecule has 0 N–H and O–H groups in total. The number of unbranched alkanes of at least 4 members (excludes halogenated alkanes) is 1. The van der Waals surface area contributed by atoms with E-state index in [4.69, 9.17) is 0 Å². The molecule has 0 fully saturated rings. The van der Waals surface area contributed by atoms with Gasteiger partial charge in [-0.1, -0.05) is 34.1 Å². The van der Waals surface area contributed by atoms with Crippen LogP contribution in [0.25, 0.3) is 0 Å². The summed E-state index contributed by atoms with van der Waals surface area (Å²) in [6, 6.07) is 3.47. The molecular formula is C20H25F4N3O. The van der Waals surface area contributed by atoms with E-state index in [2.05, 4.69) is 4.99 Å². The molecule has 0 saturated carbocycles. The van der Waals surface area contributed by atoms with Crippen LogP contribution in [0.15, 0.2) is 29.3 Å². The molecule has 154 valence electrons. The number of nitrogens with zero attached hydrogens (tertiary/aromatic N) is 3. The van der Waals surface area contributed by atoms with Crippen LogP contribution in [0.5, 0.6) is 0 Å². The Labute approximate surface area is 161 Å². The lowest BCUT2D eigenvalue weighted by molar-refractivity contribution is -0.137. The van der Waals surface area contributed by atoms with Crippen LogP contribution in [0.4, 0.5) is 17.6 Å². The van der Waals surface area contributed by atoms with Crippen molar-refractivity contribution in [2.45, 2.75) is 58.7 Å². The number of amides is 1. The number of aromatic nitrogens is 2. The van der Waals surface area contributed by atoms with E-state index < -0.39 is 29.0 Å². The van der Waals surface area contributed by atoms with Gasteiger partial charge in [-0.2, -0.15) is 18.2 Å². The zero-order chi connectivity index (χ0) is 21.3. The van der Waals surface area contributed by atoms with Gasteiger partial charge in [0, 0.05) is 30.8 Å². The summed E-state index contributed by atoms with van der Waals surface area (Å²) in [4.78, 5) is 16.5. The van der Waals surface area contributed by atoms with Crippen molar-refractivity contribution in [3.63, 3.8) is 0 Å². The molecule has 0 bridgehead atoms. The smallest absolute Gasteiger partial charge is 0.291 e. The van der Waals surface area contributed by atoms with E-state index in [0.29, 0.717) is 30.2 Å². The first kappa shape index (κ1) is 21.9. The largest absolute Gasteiger partial charge is 0.416 e. The molecule has 0 atom stereocenters. The Hall–Kier alpha value is -2.38. The average Bonchev–Trinajstić information content (AvgIpc) is 2.88. The van der Waals surface area contributed by atoms with Crippen molar-refractivity contribution in [3.05, 3.63) is 52.4 Å². The number of benzene rings is 1. The van der Waals surface area contributed by atoms with E-state index in [-0.39, 0.29) is 5.41 Å². The average molecular weight is 399 g/mol. The quantitative estimate of drug-likeness (QED) is 0.679. The van der Waals surface area contributed by atoms with Crippen molar-refractivity contribution >= 4 is 5.91 Å². The van der Waals surface area contributed by atoms with Gasteiger partial charge in [-0.05, 0) is 24.6 Å². The lowest BCUT2D eigenvalue weighted by Crippen LogP contribution is -2.25. The van der Waals surface area contributed by atoms with Crippen LogP contribution in [0.3, 0.4) is 0 Å². The summed E-state index contributed by atoms with van der Waals surface area (Å²) in [7, 11) is 1.84. The summed E-state index contributed by atoms with van der Waals surface area (Å²) in [6.45, 7) is 8.62. The maximum Gasteiger partial charge on any atom is 0.416 e. The van der Waals surface area contributed by atoms with Crippen molar-refractivity contribution in [3.8, 4) is 0 Å². The van der Waals surface area contributed by atoms with E-state index in [9.17, 15) is 22.4 Å².